The fraction of sp³-hybridized carbons (Fsp3) is 0.167. The molecule has 158 valence electrons. The molecule has 1 aliphatic heterocycles. The van der Waals surface area contributed by atoms with Gasteiger partial charge in [0.1, 0.15) is 17.3 Å². The molecule has 2 aromatic carbocycles. The van der Waals surface area contributed by atoms with E-state index in [1.807, 2.05) is 31.2 Å². The molecule has 4 rings (SSSR count). The van der Waals surface area contributed by atoms with E-state index in [1.54, 1.807) is 36.4 Å². The number of halogens is 1. The molecule has 6 nitrogen and oxygen atoms in total. The molecule has 1 N–H and O–H groups in total. The number of rotatable bonds is 6. The van der Waals surface area contributed by atoms with Crippen LogP contribution in [0.15, 0.2) is 81.4 Å². The van der Waals surface area contributed by atoms with Crippen molar-refractivity contribution in [2.45, 2.75) is 19.5 Å². The van der Waals surface area contributed by atoms with Crippen LogP contribution in [0, 0.1) is 0 Å². The Kier molecular flexibility index (Phi) is 5.95. The standard InChI is InChI=1S/C24H20BrNO5/c1-2-30-18-10-8-15(9-11-18)22(27)20-21(16-5-3-6-17(25)13-16)26(24(29)23(20)28)14-19-7-4-12-31-19/h3-13,21,27H,2,14H2,1H3. The summed E-state index contributed by atoms with van der Waals surface area (Å²) in [6, 6.07) is 16.8. The van der Waals surface area contributed by atoms with E-state index >= 15 is 0 Å². The van der Waals surface area contributed by atoms with Gasteiger partial charge in [-0.05, 0) is 61.0 Å². The zero-order valence-corrected chi connectivity index (χ0v) is 18.3. The van der Waals surface area contributed by atoms with Crippen molar-refractivity contribution in [3.8, 4) is 5.75 Å². The monoisotopic (exact) mass is 481 g/mol. The molecule has 1 aliphatic rings. The number of ether oxygens (including phenoxy) is 1. The molecule has 1 fully saturated rings. The number of aliphatic hydroxyl groups excluding tert-OH is 1. The average molecular weight is 482 g/mol. The number of aliphatic hydroxyl groups is 1. The minimum atomic E-state index is -0.755. The Morgan fingerprint density at radius 1 is 1.13 bits per heavy atom. The van der Waals surface area contributed by atoms with E-state index in [1.165, 1.54) is 11.2 Å². The zero-order valence-electron chi connectivity index (χ0n) is 16.7. The Hall–Kier alpha value is -3.32. The summed E-state index contributed by atoms with van der Waals surface area (Å²) in [5.41, 5.74) is 1.17. The third kappa shape index (κ3) is 4.14. The van der Waals surface area contributed by atoms with E-state index < -0.39 is 17.7 Å². The van der Waals surface area contributed by atoms with Crippen LogP contribution in [-0.2, 0) is 16.1 Å². The van der Waals surface area contributed by atoms with Gasteiger partial charge in [0.25, 0.3) is 11.7 Å². The van der Waals surface area contributed by atoms with E-state index in [4.69, 9.17) is 9.15 Å². The van der Waals surface area contributed by atoms with Gasteiger partial charge in [-0.25, -0.2) is 0 Å². The third-order valence-corrected chi connectivity index (χ3v) is 5.54. The predicted molar refractivity (Wildman–Crippen MR) is 118 cm³/mol. The van der Waals surface area contributed by atoms with Crippen molar-refractivity contribution in [2.24, 2.45) is 0 Å². The number of nitrogens with zero attached hydrogens (tertiary/aromatic N) is 1. The van der Waals surface area contributed by atoms with Gasteiger partial charge in [0, 0.05) is 10.0 Å². The predicted octanol–water partition coefficient (Wildman–Crippen LogP) is 5.06. The number of amides is 1. The number of carbonyl (C=O) groups excluding carboxylic acids is 2. The first-order valence-corrected chi connectivity index (χ1v) is 10.6. The first-order valence-electron chi connectivity index (χ1n) is 9.79. The van der Waals surface area contributed by atoms with Gasteiger partial charge < -0.3 is 19.2 Å². The van der Waals surface area contributed by atoms with Gasteiger partial charge in [-0.3, -0.25) is 9.59 Å². The molecule has 0 bridgehead atoms. The molecular formula is C24H20BrNO5. The molecule has 1 atom stereocenters. The molecule has 1 unspecified atom stereocenters. The van der Waals surface area contributed by atoms with Crippen molar-refractivity contribution in [3.63, 3.8) is 0 Å². The molecule has 7 heteroatoms. The summed E-state index contributed by atoms with van der Waals surface area (Å²) in [6.07, 6.45) is 1.51. The number of ketones is 1. The van der Waals surface area contributed by atoms with E-state index in [0.717, 1.165) is 4.47 Å². The van der Waals surface area contributed by atoms with Crippen LogP contribution in [0.4, 0.5) is 0 Å². The SMILES string of the molecule is CCOc1ccc(C(O)=C2C(=O)C(=O)N(Cc3ccco3)C2c2cccc(Br)c2)cc1. The minimum Gasteiger partial charge on any atom is -0.507 e. The molecule has 3 aromatic rings. The normalized spacial score (nSPS) is 17.9. The molecule has 1 amide bonds. The average Bonchev–Trinajstić information content (AvgIpc) is 3.36. The van der Waals surface area contributed by atoms with Gasteiger partial charge in [0.15, 0.2) is 0 Å². The van der Waals surface area contributed by atoms with Crippen LogP contribution in [-0.4, -0.2) is 28.3 Å². The highest BCUT2D eigenvalue weighted by Gasteiger charge is 2.46. The Labute approximate surface area is 187 Å². The Morgan fingerprint density at radius 3 is 2.55 bits per heavy atom. The van der Waals surface area contributed by atoms with Crippen LogP contribution in [0.5, 0.6) is 5.75 Å². The molecule has 0 saturated carbocycles. The molecule has 2 heterocycles. The van der Waals surface area contributed by atoms with E-state index in [2.05, 4.69) is 15.9 Å². The first-order chi connectivity index (χ1) is 15.0. The van der Waals surface area contributed by atoms with E-state index in [-0.39, 0.29) is 17.9 Å². The van der Waals surface area contributed by atoms with Crippen LogP contribution >= 0.6 is 15.9 Å². The zero-order chi connectivity index (χ0) is 22.0. The summed E-state index contributed by atoms with van der Waals surface area (Å²) in [4.78, 5) is 27.4. The molecule has 0 radical (unpaired) electrons. The van der Waals surface area contributed by atoms with Gasteiger partial charge in [0.2, 0.25) is 0 Å². The van der Waals surface area contributed by atoms with Crippen molar-refractivity contribution in [3.05, 3.63) is 93.9 Å². The number of carbonyl (C=O) groups is 2. The van der Waals surface area contributed by atoms with Crippen LogP contribution in [0.2, 0.25) is 0 Å². The Bertz CT molecular complexity index is 1140. The summed E-state index contributed by atoms with van der Waals surface area (Å²) in [7, 11) is 0. The topological polar surface area (TPSA) is 80.0 Å². The fourth-order valence-electron chi connectivity index (χ4n) is 3.67. The number of hydrogen-bond acceptors (Lipinski definition) is 5. The molecule has 0 aliphatic carbocycles. The van der Waals surface area contributed by atoms with Crippen molar-refractivity contribution in [1.82, 2.24) is 4.90 Å². The highest BCUT2D eigenvalue weighted by molar-refractivity contribution is 9.10. The number of furan rings is 1. The van der Waals surface area contributed by atoms with Crippen molar-refractivity contribution in [1.29, 1.82) is 0 Å². The van der Waals surface area contributed by atoms with Crippen LogP contribution in [0.3, 0.4) is 0 Å². The quantitative estimate of drug-likeness (QED) is 0.302. The van der Waals surface area contributed by atoms with E-state index in [0.29, 0.717) is 29.2 Å². The summed E-state index contributed by atoms with van der Waals surface area (Å²) in [6.45, 7) is 2.51. The molecular weight excluding hydrogens is 462 g/mol. The second kappa shape index (κ2) is 8.81. The van der Waals surface area contributed by atoms with E-state index in [9.17, 15) is 14.7 Å². The molecule has 1 saturated heterocycles. The number of likely N-dealkylation sites (tertiary alicyclic amines) is 1. The van der Waals surface area contributed by atoms with Gasteiger partial charge >= 0.3 is 0 Å². The van der Waals surface area contributed by atoms with Gasteiger partial charge in [-0.2, -0.15) is 0 Å². The second-order valence-electron chi connectivity index (χ2n) is 7.02. The van der Waals surface area contributed by atoms with Gasteiger partial charge in [-0.1, -0.05) is 28.1 Å². The first kappa shape index (κ1) is 20.9. The maximum absolute atomic E-state index is 13.0. The highest BCUT2D eigenvalue weighted by Crippen LogP contribution is 2.41. The lowest BCUT2D eigenvalue weighted by Gasteiger charge is -2.24. The summed E-state index contributed by atoms with van der Waals surface area (Å²) in [5.74, 6) is -0.450. The smallest absolute Gasteiger partial charge is 0.296 e. The molecule has 31 heavy (non-hydrogen) atoms. The lowest BCUT2D eigenvalue weighted by Crippen LogP contribution is -2.29. The summed E-state index contributed by atoms with van der Waals surface area (Å²) in [5, 5.41) is 11.1. The number of benzene rings is 2. The summed E-state index contributed by atoms with van der Waals surface area (Å²) >= 11 is 3.45. The lowest BCUT2D eigenvalue weighted by atomic mass is 9.95. The van der Waals surface area contributed by atoms with Crippen LogP contribution < -0.4 is 4.74 Å². The molecule has 1 aromatic heterocycles. The Balaban J connectivity index is 1.82. The summed E-state index contributed by atoms with van der Waals surface area (Å²) < 4.78 is 11.6. The molecule has 0 spiro atoms. The number of hydrogen-bond donors (Lipinski definition) is 1. The van der Waals surface area contributed by atoms with Crippen molar-refractivity contribution in [2.75, 3.05) is 6.61 Å². The maximum atomic E-state index is 13.0. The Morgan fingerprint density at radius 2 is 1.90 bits per heavy atom. The van der Waals surface area contributed by atoms with Gasteiger partial charge in [0.05, 0.1) is 31.0 Å². The third-order valence-electron chi connectivity index (χ3n) is 5.05. The van der Waals surface area contributed by atoms with Gasteiger partial charge in [-0.15, -0.1) is 0 Å². The fourth-order valence-corrected chi connectivity index (χ4v) is 4.08. The number of Topliss-reactive ketones (excluding diaryl/α,β-unsaturated/α-hetero) is 1. The largest absolute Gasteiger partial charge is 0.507 e. The minimum absolute atomic E-state index is 0.0406. The van der Waals surface area contributed by atoms with Crippen LogP contribution in [0.1, 0.15) is 29.9 Å². The van der Waals surface area contributed by atoms with Crippen LogP contribution in [0.25, 0.3) is 5.76 Å². The maximum Gasteiger partial charge on any atom is 0.296 e. The highest BCUT2D eigenvalue weighted by atomic mass is 79.9. The second-order valence-corrected chi connectivity index (χ2v) is 7.93. The van der Waals surface area contributed by atoms with Crippen molar-refractivity contribution < 1.29 is 23.8 Å². The van der Waals surface area contributed by atoms with Crippen molar-refractivity contribution >= 4 is 33.4 Å². The lowest BCUT2D eigenvalue weighted by molar-refractivity contribution is -0.140.